The van der Waals surface area contributed by atoms with Crippen molar-refractivity contribution in [2.45, 2.75) is 70.1 Å². The maximum absolute atomic E-state index is 13.0. The Morgan fingerprint density at radius 3 is 2.08 bits per heavy atom. The summed E-state index contributed by atoms with van der Waals surface area (Å²) in [5.41, 5.74) is 11.2. The van der Waals surface area contributed by atoms with Gasteiger partial charge in [-0.05, 0) is 18.8 Å². The molecule has 0 aliphatic heterocycles. The normalized spacial score (nSPS) is 14.2. The van der Waals surface area contributed by atoms with Crippen LogP contribution < -0.4 is 27.4 Å². The Balaban J connectivity index is 3.01. The summed E-state index contributed by atoms with van der Waals surface area (Å²) in [6, 6.07) is -5.00. The molecule has 4 atom stereocenters. The Labute approximate surface area is 206 Å². The minimum absolute atomic E-state index is 0.0867. The number of H-pyrrole nitrogens is 1. The number of carbonyl (C=O) groups is 6. The van der Waals surface area contributed by atoms with Gasteiger partial charge in [0.15, 0.2) is 0 Å². The number of aromatic amines is 1. The average molecular weight is 512 g/mol. The van der Waals surface area contributed by atoms with E-state index in [0.29, 0.717) is 5.69 Å². The lowest BCUT2D eigenvalue weighted by Gasteiger charge is -2.26. The molecule has 1 aromatic heterocycles. The predicted octanol–water partition coefficient (Wildman–Crippen LogP) is -2.40. The standard InChI is InChI=1S/C21H33N7O8/c1-10(2)17(28-18(32)12(22)3-6-16(30)31)20(34)27-14(7-11-8-24-9-25-11)19(33)26-13(21(35)36)4-5-15(23)29/h8-10,12-14,17H,3-7,22H2,1-2H3,(H2,23,29)(H,24,25)(H,26,33)(H,27,34)(H,28,32)(H,30,31)(H,35,36). The van der Waals surface area contributed by atoms with Crippen LogP contribution in [-0.2, 0) is 35.2 Å². The second-order valence-electron chi connectivity index (χ2n) is 8.52. The van der Waals surface area contributed by atoms with Crippen LogP contribution in [0.5, 0.6) is 0 Å². The first-order valence-corrected chi connectivity index (χ1v) is 11.2. The number of aromatic nitrogens is 2. The molecule has 4 unspecified atom stereocenters. The minimum atomic E-state index is -1.43. The number of imidazole rings is 1. The highest BCUT2D eigenvalue weighted by molar-refractivity contribution is 5.94. The van der Waals surface area contributed by atoms with E-state index in [-0.39, 0.29) is 32.1 Å². The van der Waals surface area contributed by atoms with Crippen molar-refractivity contribution in [3.8, 4) is 0 Å². The lowest BCUT2D eigenvalue weighted by molar-refractivity contribution is -0.142. The molecule has 0 spiro atoms. The van der Waals surface area contributed by atoms with Crippen molar-refractivity contribution in [1.29, 1.82) is 0 Å². The van der Waals surface area contributed by atoms with E-state index < -0.39 is 65.7 Å². The number of nitrogens with one attached hydrogen (secondary N) is 4. The van der Waals surface area contributed by atoms with E-state index in [4.69, 9.17) is 16.6 Å². The van der Waals surface area contributed by atoms with E-state index in [1.165, 1.54) is 12.5 Å². The van der Waals surface area contributed by atoms with Gasteiger partial charge in [-0.3, -0.25) is 24.0 Å². The largest absolute Gasteiger partial charge is 0.481 e. The molecule has 0 radical (unpaired) electrons. The number of hydrogen-bond donors (Lipinski definition) is 8. The summed E-state index contributed by atoms with van der Waals surface area (Å²) in [4.78, 5) is 78.3. The van der Waals surface area contributed by atoms with Crippen LogP contribution in [0.2, 0.25) is 0 Å². The summed E-state index contributed by atoms with van der Waals surface area (Å²) in [6.45, 7) is 3.28. The van der Waals surface area contributed by atoms with Gasteiger partial charge in [0.25, 0.3) is 0 Å². The number of nitrogens with zero attached hydrogens (tertiary/aromatic N) is 1. The van der Waals surface area contributed by atoms with Crippen molar-refractivity contribution < 1.29 is 39.0 Å². The molecule has 0 fully saturated rings. The summed E-state index contributed by atoms with van der Waals surface area (Å²) < 4.78 is 0. The van der Waals surface area contributed by atoms with Gasteiger partial charge in [0, 0.05) is 31.2 Å². The minimum Gasteiger partial charge on any atom is -0.481 e. The highest BCUT2D eigenvalue weighted by atomic mass is 16.4. The summed E-state index contributed by atoms with van der Waals surface area (Å²) >= 11 is 0. The SMILES string of the molecule is CC(C)C(NC(=O)C(N)CCC(=O)O)C(=O)NC(Cc1cnc[nH]1)C(=O)NC(CCC(N)=O)C(=O)O. The van der Waals surface area contributed by atoms with E-state index in [1.807, 2.05) is 0 Å². The van der Waals surface area contributed by atoms with Crippen LogP contribution in [0.25, 0.3) is 0 Å². The predicted molar refractivity (Wildman–Crippen MR) is 124 cm³/mol. The van der Waals surface area contributed by atoms with Crippen LogP contribution in [0.1, 0.15) is 45.2 Å². The van der Waals surface area contributed by atoms with Gasteiger partial charge in [-0.1, -0.05) is 13.8 Å². The zero-order valence-electron chi connectivity index (χ0n) is 20.0. The smallest absolute Gasteiger partial charge is 0.326 e. The highest BCUT2D eigenvalue weighted by Gasteiger charge is 2.32. The van der Waals surface area contributed by atoms with Gasteiger partial charge < -0.3 is 42.6 Å². The summed E-state index contributed by atoms with van der Waals surface area (Å²) in [5.74, 6) is -6.03. The van der Waals surface area contributed by atoms with Gasteiger partial charge in [-0.15, -0.1) is 0 Å². The summed E-state index contributed by atoms with van der Waals surface area (Å²) in [7, 11) is 0. The fraction of sp³-hybridized carbons (Fsp3) is 0.571. The Bertz CT molecular complexity index is 935. The van der Waals surface area contributed by atoms with E-state index in [9.17, 15) is 33.9 Å². The van der Waals surface area contributed by atoms with Gasteiger partial charge in [-0.2, -0.15) is 0 Å². The lowest BCUT2D eigenvalue weighted by atomic mass is 10.0. The van der Waals surface area contributed by atoms with Crippen molar-refractivity contribution in [3.05, 3.63) is 18.2 Å². The summed E-state index contributed by atoms with van der Waals surface area (Å²) in [5, 5.41) is 25.4. The number of carboxylic acids is 2. The number of carboxylic acid groups (broad SMARTS) is 2. The molecule has 0 saturated heterocycles. The second-order valence-corrected chi connectivity index (χ2v) is 8.52. The first-order chi connectivity index (χ1) is 16.8. The zero-order chi connectivity index (χ0) is 27.4. The number of rotatable bonds is 16. The fourth-order valence-corrected chi connectivity index (χ4v) is 3.11. The number of carbonyl (C=O) groups excluding carboxylic acids is 4. The number of hydrogen-bond acceptors (Lipinski definition) is 8. The zero-order valence-corrected chi connectivity index (χ0v) is 20.0. The molecule has 4 amide bonds. The molecular formula is C21H33N7O8. The van der Waals surface area contributed by atoms with E-state index >= 15 is 0 Å². The van der Waals surface area contributed by atoms with Gasteiger partial charge in [0.2, 0.25) is 23.6 Å². The Kier molecular flexibility index (Phi) is 12.0. The molecule has 1 aromatic rings. The number of amides is 4. The van der Waals surface area contributed by atoms with Crippen LogP contribution in [0.4, 0.5) is 0 Å². The van der Waals surface area contributed by atoms with Crippen LogP contribution in [0, 0.1) is 5.92 Å². The Morgan fingerprint density at radius 1 is 0.944 bits per heavy atom. The number of primary amides is 1. The topological polar surface area (TPSA) is 260 Å². The third-order valence-electron chi connectivity index (χ3n) is 5.16. The lowest BCUT2D eigenvalue weighted by Crippen LogP contribution is -2.59. The molecule has 10 N–H and O–H groups in total. The molecule has 36 heavy (non-hydrogen) atoms. The van der Waals surface area contributed by atoms with Crippen LogP contribution in [0.3, 0.4) is 0 Å². The molecule has 0 bridgehead atoms. The van der Waals surface area contributed by atoms with Crippen LogP contribution >= 0.6 is 0 Å². The Hall–Kier alpha value is -4.01. The fourth-order valence-electron chi connectivity index (χ4n) is 3.11. The molecular weight excluding hydrogens is 478 g/mol. The maximum atomic E-state index is 13.0. The van der Waals surface area contributed by atoms with Gasteiger partial charge in [0.1, 0.15) is 18.1 Å². The molecule has 15 nitrogen and oxygen atoms in total. The molecule has 0 aliphatic carbocycles. The molecule has 1 rings (SSSR count). The molecule has 0 aromatic carbocycles. The monoisotopic (exact) mass is 511 g/mol. The van der Waals surface area contributed by atoms with Gasteiger partial charge in [0.05, 0.1) is 12.4 Å². The van der Waals surface area contributed by atoms with E-state index in [2.05, 4.69) is 25.9 Å². The third-order valence-corrected chi connectivity index (χ3v) is 5.16. The molecule has 0 aliphatic rings. The molecule has 200 valence electrons. The van der Waals surface area contributed by atoms with Crippen molar-refractivity contribution in [3.63, 3.8) is 0 Å². The first kappa shape index (κ1) is 30.0. The third kappa shape index (κ3) is 10.5. The van der Waals surface area contributed by atoms with Crippen molar-refractivity contribution in [1.82, 2.24) is 25.9 Å². The van der Waals surface area contributed by atoms with Crippen molar-refractivity contribution >= 4 is 35.6 Å². The molecule has 0 saturated carbocycles. The second kappa shape index (κ2) is 14.4. The van der Waals surface area contributed by atoms with E-state index in [1.54, 1.807) is 13.8 Å². The Morgan fingerprint density at radius 2 is 1.58 bits per heavy atom. The molecule has 1 heterocycles. The maximum Gasteiger partial charge on any atom is 0.326 e. The molecule has 15 heteroatoms. The van der Waals surface area contributed by atoms with Crippen LogP contribution in [-0.4, -0.2) is 79.9 Å². The van der Waals surface area contributed by atoms with Crippen molar-refractivity contribution in [2.75, 3.05) is 0 Å². The van der Waals surface area contributed by atoms with Gasteiger partial charge >= 0.3 is 11.9 Å². The quantitative estimate of drug-likeness (QED) is 0.117. The van der Waals surface area contributed by atoms with Crippen molar-refractivity contribution in [2.24, 2.45) is 17.4 Å². The summed E-state index contributed by atoms with van der Waals surface area (Å²) in [6.07, 6.45) is 1.68. The first-order valence-electron chi connectivity index (χ1n) is 11.2. The number of nitrogens with two attached hydrogens (primary N) is 2. The van der Waals surface area contributed by atoms with Crippen LogP contribution in [0.15, 0.2) is 12.5 Å². The average Bonchev–Trinajstić information content (AvgIpc) is 3.30. The van der Waals surface area contributed by atoms with E-state index in [0.717, 1.165) is 0 Å². The van der Waals surface area contributed by atoms with Gasteiger partial charge in [-0.25, -0.2) is 9.78 Å². The number of aliphatic carboxylic acids is 2. The highest BCUT2D eigenvalue weighted by Crippen LogP contribution is 2.07.